The summed E-state index contributed by atoms with van der Waals surface area (Å²) in [7, 11) is 0. The third-order valence-corrected chi connectivity index (χ3v) is 1.37. The van der Waals surface area contributed by atoms with Gasteiger partial charge in [-0.2, -0.15) is 0 Å². The standard InChI is InChI=1S/C9H11NO3/c1-7(10)5-9(11)13-6-8-3-2-4-12-8/h2-4,10H,5-6H2,1H3. The first-order valence-corrected chi connectivity index (χ1v) is 3.90. The van der Waals surface area contributed by atoms with E-state index in [9.17, 15) is 4.79 Å². The molecule has 4 nitrogen and oxygen atoms in total. The van der Waals surface area contributed by atoms with E-state index in [2.05, 4.69) is 0 Å². The Morgan fingerprint density at radius 2 is 2.46 bits per heavy atom. The van der Waals surface area contributed by atoms with Crippen molar-refractivity contribution >= 4 is 11.7 Å². The van der Waals surface area contributed by atoms with Crippen molar-refractivity contribution in [3.8, 4) is 0 Å². The lowest BCUT2D eigenvalue weighted by molar-refractivity contribution is -0.144. The maximum absolute atomic E-state index is 10.9. The molecule has 70 valence electrons. The monoisotopic (exact) mass is 181 g/mol. The van der Waals surface area contributed by atoms with Gasteiger partial charge in [-0.3, -0.25) is 4.79 Å². The molecule has 0 unspecified atom stereocenters. The van der Waals surface area contributed by atoms with Crippen molar-refractivity contribution in [2.75, 3.05) is 0 Å². The zero-order chi connectivity index (χ0) is 9.68. The molecule has 1 aromatic rings. The summed E-state index contributed by atoms with van der Waals surface area (Å²) in [6, 6.07) is 3.45. The first-order chi connectivity index (χ1) is 6.18. The molecule has 0 amide bonds. The molecule has 0 radical (unpaired) electrons. The molecule has 1 aromatic heterocycles. The van der Waals surface area contributed by atoms with Crippen LogP contribution in [-0.2, 0) is 16.1 Å². The van der Waals surface area contributed by atoms with Gasteiger partial charge in [-0.15, -0.1) is 0 Å². The van der Waals surface area contributed by atoms with Gasteiger partial charge in [0.1, 0.15) is 12.4 Å². The van der Waals surface area contributed by atoms with Crippen molar-refractivity contribution in [1.29, 1.82) is 5.41 Å². The number of esters is 1. The average molecular weight is 181 g/mol. The Morgan fingerprint density at radius 1 is 1.69 bits per heavy atom. The molecule has 0 saturated heterocycles. The maximum Gasteiger partial charge on any atom is 0.311 e. The molecule has 0 aliphatic heterocycles. The third-order valence-electron chi connectivity index (χ3n) is 1.37. The van der Waals surface area contributed by atoms with Gasteiger partial charge in [0.05, 0.1) is 12.7 Å². The van der Waals surface area contributed by atoms with Crippen LogP contribution in [-0.4, -0.2) is 11.7 Å². The SMILES string of the molecule is CC(=N)CC(=O)OCc1ccco1. The zero-order valence-electron chi connectivity index (χ0n) is 7.37. The number of hydrogen-bond donors (Lipinski definition) is 1. The van der Waals surface area contributed by atoms with E-state index < -0.39 is 5.97 Å². The summed E-state index contributed by atoms with van der Waals surface area (Å²) in [6.45, 7) is 1.70. The highest BCUT2D eigenvalue weighted by Crippen LogP contribution is 2.02. The van der Waals surface area contributed by atoms with E-state index in [4.69, 9.17) is 14.6 Å². The average Bonchev–Trinajstić information content (AvgIpc) is 2.51. The summed E-state index contributed by atoms with van der Waals surface area (Å²) < 4.78 is 9.78. The normalized spacial score (nSPS) is 9.62. The molecule has 0 spiro atoms. The Bertz CT molecular complexity index is 290. The minimum absolute atomic E-state index is 0.0424. The van der Waals surface area contributed by atoms with Gasteiger partial charge >= 0.3 is 5.97 Å². The largest absolute Gasteiger partial charge is 0.466 e. The predicted molar refractivity (Wildman–Crippen MR) is 46.5 cm³/mol. The molecule has 0 aromatic carbocycles. The Kier molecular flexibility index (Phi) is 3.25. The first kappa shape index (κ1) is 9.51. The summed E-state index contributed by atoms with van der Waals surface area (Å²) in [4.78, 5) is 10.9. The Hall–Kier alpha value is -1.58. The quantitative estimate of drug-likeness (QED) is 0.568. The van der Waals surface area contributed by atoms with Crippen LogP contribution in [0.4, 0.5) is 0 Å². The summed E-state index contributed by atoms with van der Waals surface area (Å²) in [5.41, 5.74) is 0.296. The summed E-state index contributed by atoms with van der Waals surface area (Å²) in [5.74, 6) is 0.208. The topological polar surface area (TPSA) is 63.3 Å². The van der Waals surface area contributed by atoms with Crippen molar-refractivity contribution in [2.24, 2.45) is 0 Å². The van der Waals surface area contributed by atoms with E-state index in [1.165, 1.54) is 6.26 Å². The summed E-state index contributed by atoms with van der Waals surface area (Å²) >= 11 is 0. The Balaban J connectivity index is 2.27. The first-order valence-electron chi connectivity index (χ1n) is 3.90. The highest BCUT2D eigenvalue weighted by Gasteiger charge is 2.04. The summed E-state index contributed by atoms with van der Waals surface area (Å²) in [5, 5.41) is 7.05. The highest BCUT2D eigenvalue weighted by atomic mass is 16.5. The van der Waals surface area contributed by atoms with Crippen LogP contribution in [0.2, 0.25) is 0 Å². The van der Waals surface area contributed by atoms with E-state index in [0.29, 0.717) is 11.5 Å². The fraction of sp³-hybridized carbons (Fsp3) is 0.333. The third kappa shape index (κ3) is 3.55. The lowest BCUT2D eigenvalue weighted by Crippen LogP contribution is -2.07. The number of rotatable bonds is 4. The molecule has 4 heteroatoms. The molecule has 0 atom stereocenters. The predicted octanol–water partition coefficient (Wildman–Crippen LogP) is 1.75. The van der Waals surface area contributed by atoms with Crippen LogP contribution in [0, 0.1) is 5.41 Å². The molecule has 13 heavy (non-hydrogen) atoms. The van der Waals surface area contributed by atoms with Crippen molar-refractivity contribution in [1.82, 2.24) is 0 Å². The fourth-order valence-corrected chi connectivity index (χ4v) is 0.814. The number of ether oxygens (including phenoxy) is 1. The van der Waals surface area contributed by atoms with Gasteiger partial charge in [-0.1, -0.05) is 0 Å². The van der Waals surface area contributed by atoms with Crippen molar-refractivity contribution in [3.05, 3.63) is 24.2 Å². The van der Waals surface area contributed by atoms with Gasteiger partial charge < -0.3 is 14.6 Å². The molecule has 1 heterocycles. The van der Waals surface area contributed by atoms with E-state index >= 15 is 0 Å². The van der Waals surface area contributed by atoms with Crippen molar-refractivity contribution < 1.29 is 13.9 Å². The molecule has 1 N–H and O–H groups in total. The second-order valence-electron chi connectivity index (χ2n) is 2.70. The maximum atomic E-state index is 10.9. The molecule has 0 aliphatic carbocycles. The number of nitrogens with one attached hydrogen (secondary N) is 1. The van der Waals surface area contributed by atoms with Gasteiger partial charge in [-0.05, 0) is 19.1 Å². The lowest BCUT2D eigenvalue weighted by atomic mass is 10.3. The molecular formula is C9H11NO3. The Morgan fingerprint density at radius 3 is 3.00 bits per heavy atom. The van der Waals surface area contributed by atoms with Crippen LogP contribution in [0.3, 0.4) is 0 Å². The van der Waals surface area contributed by atoms with Crippen LogP contribution in [0.25, 0.3) is 0 Å². The number of furan rings is 1. The van der Waals surface area contributed by atoms with Crippen LogP contribution >= 0.6 is 0 Å². The van der Waals surface area contributed by atoms with E-state index in [0.717, 1.165) is 0 Å². The number of hydrogen-bond acceptors (Lipinski definition) is 4. The smallest absolute Gasteiger partial charge is 0.311 e. The van der Waals surface area contributed by atoms with Crippen LogP contribution in [0.5, 0.6) is 0 Å². The number of carbonyl (C=O) groups is 1. The van der Waals surface area contributed by atoms with Gasteiger partial charge in [0, 0.05) is 5.71 Å². The fourth-order valence-electron chi connectivity index (χ4n) is 0.814. The van der Waals surface area contributed by atoms with E-state index in [1.807, 2.05) is 0 Å². The van der Waals surface area contributed by atoms with E-state index in [1.54, 1.807) is 19.1 Å². The molecule has 0 fully saturated rings. The minimum Gasteiger partial charge on any atom is -0.466 e. The van der Waals surface area contributed by atoms with Crippen LogP contribution in [0.1, 0.15) is 19.1 Å². The molecule has 0 bridgehead atoms. The zero-order valence-corrected chi connectivity index (χ0v) is 7.37. The van der Waals surface area contributed by atoms with Gasteiger partial charge in [0.15, 0.2) is 0 Å². The highest BCUT2D eigenvalue weighted by molar-refractivity contribution is 5.95. The molecule has 0 aliphatic rings. The van der Waals surface area contributed by atoms with Crippen molar-refractivity contribution in [3.63, 3.8) is 0 Å². The van der Waals surface area contributed by atoms with Gasteiger partial charge in [0.2, 0.25) is 0 Å². The molecule has 0 saturated carbocycles. The second-order valence-corrected chi connectivity index (χ2v) is 2.70. The number of carbonyl (C=O) groups excluding carboxylic acids is 1. The van der Waals surface area contributed by atoms with Crippen LogP contribution < -0.4 is 0 Å². The van der Waals surface area contributed by atoms with Crippen molar-refractivity contribution in [2.45, 2.75) is 20.0 Å². The molecule has 1 rings (SSSR count). The van der Waals surface area contributed by atoms with E-state index in [-0.39, 0.29) is 13.0 Å². The molecular weight excluding hydrogens is 170 g/mol. The van der Waals surface area contributed by atoms with Gasteiger partial charge in [-0.25, -0.2) is 0 Å². The second kappa shape index (κ2) is 4.45. The Labute approximate surface area is 76.0 Å². The minimum atomic E-state index is -0.399. The van der Waals surface area contributed by atoms with Crippen LogP contribution in [0.15, 0.2) is 22.8 Å². The lowest BCUT2D eigenvalue weighted by Gasteiger charge is -2.00. The van der Waals surface area contributed by atoms with Gasteiger partial charge in [0.25, 0.3) is 0 Å². The summed E-state index contributed by atoms with van der Waals surface area (Å²) in [6.07, 6.45) is 1.56.